The van der Waals surface area contributed by atoms with Crippen molar-refractivity contribution in [2.45, 2.75) is 18.4 Å². The standard InChI is InChI=1S/C18H14Cl2N2O2/c19-14-8-7-10(9-16(14)22(23)24)17-12-4-1-3-11(12)13-5-2-6-15(20)18(13)21-17/h1-3,5-9,11-12,17,21H,4H2/t11-,12+,17+/m1/s1. The van der Waals surface area contributed by atoms with E-state index in [1.165, 1.54) is 5.56 Å². The monoisotopic (exact) mass is 360 g/mol. The first kappa shape index (κ1) is 15.5. The Kier molecular flexibility index (Phi) is 3.74. The summed E-state index contributed by atoms with van der Waals surface area (Å²) in [5.74, 6) is 0.566. The maximum absolute atomic E-state index is 11.2. The van der Waals surface area contributed by atoms with Gasteiger partial charge in [-0.2, -0.15) is 0 Å². The van der Waals surface area contributed by atoms with Crippen LogP contribution in [0.15, 0.2) is 48.6 Å². The average molecular weight is 361 g/mol. The molecular weight excluding hydrogens is 347 g/mol. The number of hydrogen-bond acceptors (Lipinski definition) is 3. The van der Waals surface area contributed by atoms with Gasteiger partial charge in [0, 0.05) is 12.0 Å². The van der Waals surface area contributed by atoms with Crippen molar-refractivity contribution in [2.24, 2.45) is 5.92 Å². The lowest BCUT2D eigenvalue weighted by atomic mass is 9.77. The Morgan fingerprint density at radius 2 is 2.00 bits per heavy atom. The van der Waals surface area contributed by atoms with E-state index in [4.69, 9.17) is 23.2 Å². The lowest BCUT2D eigenvalue weighted by Crippen LogP contribution is -2.29. The molecule has 0 saturated carbocycles. The van der Waals surface area contributed by atoms with E-state index in [2.05, 4.69) is 23.5 Å². The van der Waals surface area contributed by atoms with E-state index in [9.17, 15) is 10.1 Å². The second-order valence-electron chi connectivity index (χ2n) is 6.15. The van der Waals surface area contributed by atoms with Crippen LogP contribution in [0, 0.1) is 16.0 Å². The van der Waals surface area contributed by atoms with Crippen molar-refractivity contribution >= 4 is 34.6 Å². The minimum atomic E-state index is -0.444. The molecule has 2 aromatic rings. The topological polar surface area (TPSA) is 55.2 Å². The quantitative estimate of drug-likeness (QED) is 0.422. The second kappa shape index (κ2) is 5.80. The number of hydrogen-bond donors (Lipinski definition) is 1. The molecule has 4 rings (SSSR count). The summed E-state index contributed by atoms with van der Waals surface area (Å²) in [5.41, 5.74) is 2.88. The molecular formula is C18H14Cl2N2O2. The number of nitro groups is 1. The minimum absolute atomic E-state index is 0.0478. The Morgan fingerprint density at radius 3 is 2.79 bits per heavy atom. The molecule has 3 atom stereocenters. The molecule has 0 saturated heterocycles. The zero-order valence-electron chi connectivity index (χ0n) is 12.6. The van der Waals surface area contributed by atoms with Crippen LogP contribution in [0.1, 0.15) is 29.5 Å². The van der Waals surface area contributed by atoms with Gasteiger partial charge in [-0.1, -0.05) is 53.6 Å². The highest BCUT2D eigenvalue weighted by Gasteiger charge is 2.39. The first-order valence-corrected chi connectivity index (χ1v) is 8.47. The number of rotatable bonds is 2. The molecule has 1 N–H and O–H groups in total. The Hall–Kier alpha value is -2.04. The van der Waals surface area contributed by atoms with Gasteiger partial charge in [0.2, 0.25) is 0 Å². The highest BCUT2D eigenvalue weighted by atomic mass is 35.5. The SMILES string of the molecule is O=[N+]([O-])c1cc([C@@H]2Nc3c(Cl)cccc3[C@@H]3C=CC[C@@H]32)ccc1Cl. The molecule has 24 heavy (non-hydrogen) atoms. The summed E-state index contributed by atoms with van der Waals surface area (Å²) in [7, 11) is 0. The third-order valence-electron chi connectivity index (χ3n) is 4.87. The normalized spacial score (nSPS) is 24.2. The van der Waals surface area contributed by atoms with Gasteiger partial charge in [0.15, 0.2) is 0 Å². The predicted octanol–water partition coefficient (Wildman–Crippen LogP) is 5.73. The van der Waals surface area contributed by atoms with Gasteiger partial charge in [0.1, 0.15) is 5.02 Å². The van der Waals surface area contributed by atoms with E-state index < -0.39 is 4.92 Å². The Labute approximate surface area is 149 Å². The molecule has 2 aromatic carbocycles. The van der Waals surface area contributed by atoms with Crippen LogP contribution >= 0.6 is 23.2 Å². The molecule has 0 fully saturated rings. The van der Waals surface area contributed by atoms with Crippen LogP contribution in [-0.2, 0) is 0 Å². The van der Waals surface area contributed by atoms with E-state index in [-0.39, 0.29) is 22.7 Å². The molecule has 4 nitrogen and oxygen atoms in total. The predicted molar refractivity (Wildman–Crippen MR) is 95.9 cm³/mol. The smallest absolute Gasteiger partial charge is 0.288 e. The summed E-state index contributed by atoms with van der Waals surface area (Å²) in [4.78, 5) is 10.8. The fourth-order valence-corrected chi connectivity index (χ4v) is 4.20. The Bertz CT molecular complexity index is 866. The maximum atomic E-state index is 11.2. The molecule has 2 aliphatic rings. The molecule has 1 aliphatic heterocycles. The third-order valence-corrected chi connectivity index (χ3v) is 5.51. The first-order chi connectivity index (χ1) is 11.6. The molecule has 0 aromatic heterocycles. The zero-order chi connectivity index (χ0) is 16.8. The number of nitrogens with zero attached hydrogens (tertiary/aromatic N) is 1. The number of fused-ring (bicyclic) bond motifs is 3. The first-order valence-electron chi connectivity index (χ1n) is 7.71. The van der Waals surface area contributed by atoms with Crippen LogP contribution in [0.25, 0.3) is 0 Å². The van der Waals surface area contributed by atoms with E-state index in [0.717, 1.165) is 17.7 Å². The van der Waals surface area contributed by atoms with Gasteiger partial charge in [-0.3, -0.25) is 10.1 Å². The summed E-state index contributed by atoms with van der Waals surface area (Å²) < 4.78 is 0. The van der Waals surface area contributed by atoms with Crippen molar-refractivity contribution in [3.63, 3.8) is 0 Å². The van der Waals surface area contributed by atoms with E-state index in [0.29, 0.717) is 10.9 Å². The van der Waals surface area contributed by atoms with E-state index in [1.807, 2.05) is 18.2 Å². The van der Waals surface area contributed by atoms with Gasteiger partial charge in [-0.25, -0.2) is 0 Å². The summed E-state index contributed by atoms with van der Waals surface area (Å²) in [6.07, 6.45) is 5.30. The molecule has 0 bridgehead atoms. The summed E-state index contributed by atoms with van der Waals surface area (Å²) >= 11 is 12.3. The van der Waals surface area contributed by atoms with E-state index >= 15 is 0 Å². The number of benzene rings is 2. The molecule has 0 amide bonds. The van der Waals surface area contributed by atoms with E-state index in [1.54, 1.807) is 12.1 Å². The lowest BCUT2D eigenvalue weighted by Gasteiger charge is -2.37. The van der Waals surface area contributed by atoms with Gasteiger partial charge in [-0.05, 0) is 35.6 Å². The number of para-hydroxylation sites is 1. The lowest BCUT2D eigenvalue weighted by molar-refractivity contribution is -0.384. The summed E-state index contributed by atoms with van der Waals surface area (Å²) in [5, 5.41) is 15.5. The highest BCUT2D eigenvalue weighted by molar-refractivity contribution is 6.33. The van der Waals surface area contributed by atoms with Crippen molar-refractivity contribution in [3.05, 3.63) is 79.8 Å². The number of allylic oxidation sites excluding steroid dienone is 2. The molecule has 0 spiro atoms. The van der Waals surface area contributed by atoms with Crippen molar-refractivity contribution in [2.75, 3.05) is 5.32 Å². The molecule has 6 heteroatoms. The fraction of sp³-hybridized carbons (Fsp3) is 0.222. The van der Waals surface area contributed by atoms with Crippen LogP contribution in [0.2, 0.25) is 10.0 Å². The van der Waals surface area contributed by atoms with Crippen molar-refractivity contribution in [1.29, 1.82) is 0 Å². The van der Waals surface area contributed by atoms with Gasteiger partial charge in [0.05, 0.1) is 21.7 Å². The van der Waals surface area contributed by atoms with Crippen LogP contribution in [0.5, 0.6) is 0 Å². The molecule has 0 radical (unpaired) electrons. The van der Waals surface area contributed by atoms with Gasteiger partial charge in [-0.15, -0.1) is 0 Å². The molecule has 122 valence electrons. The van der Waals surface area contributed by atoms with Gasteiger partial charge >= 0.3 is 0 Å². The van der Waals surface area contributed by atoms with Crippen LogP contribution in [-0.4, -0.2) is 4.92 Å². The van der Waals surface area contributed by atoms with Crippen molar-refractivity contribution in [1.82, 2.24) is 0 Å². The largest absolute Gasteiger partial charge is 0.376 e. The number of anilines is 1. The van der Waals surface area contributed by atoms with Crippen molar-refractivity contribution < 1.29 is 4.92 Å². The minimum Gasteiger partial charge on any atom is -0.376 e. The average Bonchev–Trinajstić information content (AvgIpc) is 3.05. The maximum Gasteiger partial charge on any atom is 0.288 e. The van der Waals surface area contributed by atoms with Crippen LogP contribution in [0.3, 0.4) is 0 Å². The summed E-state index contributed by atoms with van der Waals surface area (Å²) in [6.45, 7) is 0. The van der Waals surface area contributed by atoms with Gasteiger partial charge < -0.3 is 5.32 Å². The highest BCUT2D eigenvalue weighted by Crippen LogP contribution is 2.51. The second-order valence-corrected chi connectivity index (χ2v) is 6.96. The fourth-order valence-electron chi connectivity index (χ4n) is 3.78. The zero-order valence-corrected chi connectivity index (χ0v) is 14.1. The number of nitrogens with one attached hydrogen (secondary N) is 1. The number of halogens is 2. The van der Waals surface area contributed by atoms with Crippen molar-refractivity contribution in [3.8, 4) is 0 Å². The Morgan fingerprint density at radius 1 is 1.17 bits per heavy atom. The third kappa shape index (κ3) is 2.38. The summed E-state index contributed by atoms with van der Waals surface area (Å²) in [6, 6.07) is 10.9. The Balaban J connectivity index is 1.81. The molecule has 1 aliphatic carbocycles. The van der Waals surface area contributed by atoms with Crippen LogP contribution < -0.4 is 5.32 Å². The van der Waals surface area contributed by atoms with Crippen LogP contribution in [0.4, 0.5) is 11.4 Å². The molecule has 0 unspecified atom stereocenters. The molecule has 1 heterocycles. The van der Waals surface area contributed by atoms with Gasteiger partial charge in [0.25, 0.3) is 5.69 Å². The number of nitro benzene ring substituents is 1.